The van der Waals surface area contributed by atoms with E-state index in [1.54, 1.807) is 0 Å². The van der Waals surface area contributed by atoms with Crippen LogP contribution in [0.25, 0.3) is 11.5 Å². The molecule has 0 aliphatic heterocycles. The van der Waals surface area contributed by atoms with Gasteiger partial charge in [0, 0.05) is 22.3 Å². The Morgan fingerprint density at radius 2 is 2.05 bits per heavy atom. The number of anilines is 1. The number of hydrogen-bond acceptors (Lipinski definition) is 4. The summed E-state index contributed by atoms with van der Waals surface area (Å²) in [6.07, 6.45) is 1.34. The Hall–Kier alpha value is -2.14. The van der Waals surface area contributed by atoms with Gasteiger partial charge in [-0.15, -0.1) is 10.2 Å². The highest BCUT2D eigenvalue weighted by Gasteiger charge is 2.07. The molecule has 1 aromatic heterocycles. The Morgan fingerprint density at radius 3 is 2.81 bits per heavy atom. The van der Waals surface area contributed by atoms with E-state index in [9.17, 15) is 0 Å². The van der Waals surface area contributed by atoms with Crippen molar-refractivity contribution < 1.29 is 4.42 Å². The second kappa shape index (κ2) is 6.10. The van der Waals surface area contributed by atoms with E-state index in [1.807, 2.05) is 36.4 Å². The molecule has 0 fully saturated rings. The Kier molecular flexibility index (Phi) is 4.01. The molecule has 4 nitrogen and oxygen atoms in total. The van der Waals surface area contributed by atoms with Crippen molar-refractivity contribution in [3.63, 3.8) is 0 Å². The summed E-state index contributed by atoms with van der Waals surface area (Å²) in [6, 6.07) is 14.2. The van der Waals surface area contributed by atoms with Gasteiger partial charge < -0.3 is 9.73 Å². The lowest BCUT2D eigenvalue weighted by Crippen LogP contribution is -2.02. The Balaban J connectivity index is 1.82. The van der Waals surface area contributed by atoms with E-state index in [2.05, 4.69) is 44.4 Å². The Labute approximate surface area is 131 Å². The number of nitrogens with zero attached hydrogens (tertiary/aromatic N) is 2. The van der Waals surface area contributed by atoms with Crippen molar-refractivity contribution in [2.24, 2.45) is 0 Å². The molecule has 0 atom stereocenters. The third-order valence-electron chi connectivity index (χ3n) is 3.27. The SMILES string of the molecule is Cc1ccc(-c2nnco2)cc1NCc1ccccc1Br. The fraction of sp³-hybridized carbons (Fsp3) is 0.125. The van der Waals surface area contributed by atoms with Crippen molar-refractivity contribution in [1.29, 1.82) is 0 Å². The van der Waals surface area contributed by atoms with Crippen molar-refractivity contribution in [1.82, 2.24) is 10.2 Å². The summed E-state index contributed by atoms with van der Waals surface area (Å²) < 4.78 is 6.34. The maximum atomic E-state index is 5.24. The van der Waals surface area contributed by atoms with Gasteiger partial charge in [0.05, 0.1) is 0 Å². The minimum atomic E-state index is 0.527. The maximum absolute atomic E-state index is 5.24. The summed E-state index contributed by atoms with van der Waals surface area (Å²) in [5.74, 6) is 0.527. The second-order valence-electron chi connectivity index (χ2n) is 4.72. The van der Waals surface area contributed by atoms with Gasteiger partial charge in [0.25, 0.3) is 0 Å². The summed E-state index contributed by atoms with van der Waals surface area (Å²) in [4.78, 5) is 0. The Bertz CT molecular complexity index is 741. The first-order chi connectivity index (χ1) is 10.2. The highest BCUT2D eigenvalue weighted by Crippen LogP contribution is 2.25. The number of benzene rings is 2. The molecule has 21 heavy (non-hydrogen) atoms. The topological polar surface area (TPSA) is 51.0 Å². The maximum Gasteiger partial charge on any atom is 0.247 e. The van der Waals surface area contributed by atoms with Gasteiger partial charge in [-0.25, -0.2) is 0 Å². The second-order valence-corrected chi connectivity index (χ2v) is 5.57. The fourth-order valence-electron chi connectivity index (χ4n) is 2.08. The lowest BCUT2D eigenvalue weighted by atomic mass is 10.1. The van der Waals surface area contributed by atoms with Gasteiger partial charge in [-0.2, -0.15) is 0 Å². The van der Waals surface area contributed by atoms with Crippen LogP contribution in [0.4, 0.5) is 5.69 Å². The third kappa shape index (κ3) is 3.13. The van der Waals surface area contributed by atoms with Crippen LogP contribution in [0.2, 0.25) is 0 Å². The van der Waals surface area contributed by atoms with Crippen LogP contribution < -0.4 is 5.32 Å². The molecule has 0 spiro atoms. The third-order valence-corrected chi connectivity index (χ3v) is 4.05. The van der Waals surface area contributed by atoms with Crippen LogP contribution in [0, 0.1) is 6.92 Å². The fourth-order valence-corrected chi connectivity index (χ4v) is 2.50. The standard InChI is InChI=1S/C16H14BrN3O/c1-11-6-7-12(16-20-19-10-21-16)8-15(11)18-9-13-4-2-3-5-14(13)17/h2-8,10,18H,9H2,1H3. The number of halogens is 1. The highest BCUT2D eigenvalue weighted by molar-refractivity contribution is 9.10. The molecule has 3 aromatic rings. The zero-order chi connectivity index (χ0) is 14.7. The molecule has 2 aromatic carbocycles. The van der Waals surface area contributed by atoms with Gasteiger partial charge in [0.2, 0.25) is 12.3 Å². The van der Waals surface area contributed by atoms with Crippen molar-refractivity contribution in [3.05, 3.63) is 64.5 Å². The van der Waals surface area contributed by atoms with E-state index in [0.717, 1.165) is 22.3 Å². The van der Waals surface area contributed by atoms with Gasteiger partial charge in [0.1, 0.15) is 0 Å². The molecular formula is C16H14BrN3O. The molecule has 0 saturated heterocycles. The van der Waals surface area contributed by atoms with E-state index in [4.69, 9.17) is 4.42 Å². The number of aromatic nitrogens is 2. The first-order valence-corrected chi connectivity index (χ1v) is 7.38. The van der Waals surface area contributed by atoms with Gasteiger partial charge in [0.15, 0.2) is 0 Å². The van der Waals surface area contributed by atoms with Crippen LogP contribution in [0.1, 0.15) is 11.1 Å². The summed E-state index contributed by atoms with van der Waals surface area (Å²) in [5.41, 5.74) is 4.35. The minimum Gasteiger partial charge on any atom is -0.423 e. The van der Waals surface area contributed by atoms with Gasteiger partial charge >= 0.3 is 0 Å². The van der Waals surface area contributed by atoms with Crippen molar-refractivity contribution in [3.8, 4) is 11.5 Å². The molecule has 0 amide bonds. The van der Waals surface area contributed by atoms with Crippen molar-refractivity contribution in [2.75, 3.05) is 5.32 Å². The van der Waals surface area contributed by atoms with E-state index in [1.165, 1.54) is 17.5 Å². The first-order valence-electron chi connectivity index (χ1n) is 6.58. The molecule has 0 radical (unpaired) electrons. The molecule has 1 N–H and O–H groups in total. The summed E-state index contributed by atoms with van der Waals surface area (Å²) in [6.45, 7) is 2.81. The lowest BCUT2D eigenvalue weighted by Gasteiger charge is -2.11. The van der Waals surface area contributed by atoms with Crippen LogP contribution in [0.3, 0.4) is 0 Å². The van der Waals surface area contributed by atoms with Crippen molar-refractivity contribution in [2.45, 2.75) is 13.5 Å². The predicted molar refractivity (Wildman–Crippen MR) is 85.9 cm³/mol. The van der Waals surface area contributed by atoms with E-state index < -0.39 is 0 Å². The minimum absolute atomic E-state index is 0.527. The first kappa shape index (κ1) is 13.8. The monoisotopic (exact) mass is 343 g/mol. The van der Waals surface area contributed by atoms with Crippen LogP contribution >= 0.6 is 15.9 Å². The molecule has 3 rings (SSSR count). The number of nitrogens with one attached hydrogen (secondary N) is 1. The predicted octanol–water partition coefficient (Wildman–Crippen LogP) is 4.42. The summed E-state index contributed by atoms with van der Waals surface area (Å²) >= 11 is 3.56. The number of hydrogen-bond donors (Lipinski definition) is 1. The quantitative estimate of drug-likeness (QED) is 0.761. The van der Waals surface area contributed by atoms with Crippen LogP contribution in [-0.4, -0.2) is 10.2 Å². The molecule has 0 aliphatic rings. The van der Waals surface area contributed by atoms with Crippen LogP contribution in [-0.2, 0) is 6.54 Å². The normalized spacial score (nSPS) is 10.6. The zero-order valence-electron chi connectivity index (χ0n) is 11.5. The number of aryl methyl sites for hydroxylation is 1. The van der Waals surface area contributed by atoms with E-state index in [-0.39, 0.29) is 0 Å². The molecule has 0 unspecified atom stereocenters. The molecule has 106 valence electrons. The molecule has 0 aliphatic carbocycles. The van der Waals surface area contributed by atoms with Gasteiger partial charge in [-0.3, -0.25) is 0 Å². The van der Waals surface area contributed by atoms with Gasteiger partial charge in [-0.05, 0) is 36.2 Å². The molecular weight excluding hydrogens is 330 g/mol. The smallest absolute Gasteiger partial charge is 0.247 e. The molecule has 5 heteroatoms. The van der Waals surface area contributed by atoms with E-state index >= 15 is 0 Å². The van der Waals surface area contributed by atoms with Crippen LogP contribution in [0.15, 0.2) is 57.7 Å². The highest BCUT2D eigenvalue weighted by atomic mass is 79.9. The van der Waals surface area contributed by atoms with Gasteiger partial charge in [-0.1, -0.05) is 40.2 Å². The number of rotatable bonds is 4. The Morgan fingerprint density at radius 1 is 1.19 bits per heavy atom. The van der Waals surface area contributed by atoms with Crippen LogP contribution in [0.5, 0.6) is 0 Å². The largest absolute Gasteiger partial charge is 0.423 e. The molecule has 0 saturated carbocycles. The molecule has 1 heterocycles. The lowest BCUT2D eigenvalue weighted by molar-refractivity contribution is 0.568. The molecule has 0 bridgehead atoms. The average Bonchev–Trinajstić information content (AvgIpc) is 3.02. The zero-order valence-corrected chi connectivity index (χ0v) is 13.1. The summed E-state index contributed by atoms with van der Waals surface area (Å²) in [7, 11) is 0. The van der Waals surface area contributed by atoms with E-state index in [0.29, 0.717) is 5.89 Å². The summed E-state index contributed by atoms with van der Waals surface area (Å²) in [5, 5.41) is 11.1. The average molecular weight is 344 g/mol. The van der Waals surface area contributed by atoms with Crippen molar-refractivity contribution >= 4 is 21.6 Å².